The van der Waals surface area contributed by atoms with Gasteiger partial charge in [0.05, 0.1) is 17.8 Å². The number of amides is 3. The highest BCUT2D eigenvalue weighted by Gasteiger charge is 2.35. The van der Waals surface area contributed by atoms with E-state index in [1.165, 1.54) is 6.92 Å². The summed E-state index contributed by atoms with van der Waals surface area (Å²) >= 11 is 0. The molecule has 3 aromatic rings. The highest BCUT2D eigenvalue weighted by Crippen LogP contribution is 2.29. The van der Waals surface area contributed by atoms with Crippen molar-refractivity contribution in [2.45, 2.75) is 45.4 Å². The minimum absolute atomic E-state index is 0.133. The van der Waals surface area contributed by atoms with Gasteiger partial charge in [-0.1, -0.05) is 48.5 Å². The minimum Gasteiger partial charge on any atom is -0.344 e. The number of halogens is 2. The van der Waals surface area contributed by atoms with Crippen molar-refractivity contribution in [2.24, 2.45) is 4.99 Å². The van der Waals surface area contributed by atoms with Gasteiger partial charge in [-0.05, 0) is 44.5 Å². The molecular weight excluding hydrogens is 490 g/mol. The monoisotopic (exact) mass is 518 g/mol. The van der Waals surface area contributed by atoms with Gasteiger partial charge in [-0.2, -0.15) is 0 Å². The molecular formula is C29H28F2N4O3. The molecule has 3 amide bonds. The van der Waals surface area contributed by atoms with Gasteiger partial charge >= 0.3 is 0 Å². The van der Waals surface area contributed by atoms with Crippen LogP contribution in [0.2, 0.25) is 0 Å². The van der Waals surface area contributed by atoms with Crippen LogP contribution in [0.4, 0.5) is 14.5 Å². The van der Waals surface area contributed by atoms with E-state index in [1.807, 2.05) is 68.4 Å². The molecule has 2 atom stereocenters. The van der Waals surface area contributed by atoms with Gasteiger partial charge in [-0.15, -0.1) is 0 Å². The molecule has 0 aliphatic carbocycles. The first-order valence-corrected chi connectivity index (χ1v) is 12.2. The largest absolute Gasteiger partial charge is 0.344 e. The summed E-state index contributed by atoms with van der Waals surface area (Å²) in [5.74, 6) is -3.25. The first-order valence-electron chi connectivity index (χ1n) is 12.2. The second-order valence-electron chi connectivity index (χ2n) is 9.32. The third kappa shape index (κ3) is 5.94. The number of hydrogen-bond acceptors (Lipinski definition) is 4. The van der Waals surface area contributed by atoms with Crippen LogP contribution in [0.1, 0.15) is 37.5 Å². The van der Waals surface area contributed by atoms with E-state index in [0.717, 1.165) is 23.3 Å². The Balaban J connectivity index is 1.58. The number of nitrogens with zero attached hydrogens (tertiary/aromatic N) is 2. The zero-order valence-corrected chi connectivity index (χ0v) is 21.2. The predicted octanol–water partition coefficient (Wildman–Crippen LogP) is 3.75. The van der Waals surface area contributed by atoms with E-state index < -0.39 is 41.6 Å². The molecule has 0 spiro atoms. The molecule has 7 nitrogen and oxygen atoms in total. The highest BCUT2D eigenvalue weighted by atomic mass is 19.1. The maximum absolute atomic E-state index is 13.7. The molecule has 0 fully saturated rings. The zero-order chi connectivity index (χ0) is 27.4. The van der Waals surface area contributed by atoms with Gasteiger partial charge in [-0.3, -0.25) is 14.4 Å². The van der Waals surface area contributed by atoms with Crippen LogP contribution in [0.25, 0.3) is 0 Å². The molecule has 1 aliphatic rings. The van der Waals surface area contributed by atoms with Crippen LogP contribution in [0.15, 0.2) is 77.8 Å². The van der Waals surface area contributed by atoms with Crippen LogP contribution in [-0.2, 0) is 20.8 Å². The predicted molar refractivity (Wildman–Crippen MR) is 141 cm³/mol. The summed E-state index contributed by atoms with van der Waals surface area (Å²) in [5, 5.41) is 5.17. The van der Waals surface area contributed by atoms with Gasteiger partial charge in [0.25, 0.3) is 5.91 Å². The fourth-order valence-corrected chi connectivity index (χ4v) is 4.36. The van der Waals surface area contributed by atoms with Crippen molar-refractivity contribution in [3.8, 4) is 0 Å². The molecule has 38 heavy (non-hydrogen) atoms. The number of anilines is 1. The van der Waals surface area contributed by atoms with Gasteiger partial charge in [0.2, 0.25) is 18.0 Å². The van der Waals surface area contributed by atoms with Crippen LogP contribution in [0, 0.1) is 11.6 Å². The lowest BCUT2D eigenvalue weighted by molar-refractivity contribution is -0.130. The van der Waals surface area contributed by atoms with E-state index in [0.29, 0.717) is 17.5 Å². The smallest absolute Gasteiger partial charge is 0.272 e. The average molecular weight is 519 g/mol. The molecule has 1 aliphatic heterocycles. The molecule has 1 heterocycles. The topological polar surface area (TPSA) is 90.9 Å². The summed E-state index contributed by atoms with van der Waals surface area (Å²) in [6.07, 6.45) is -1.56. The number of rotatable bonds is 7. The number of para-hydroxylation sites is 1. The minimum atomic E-state index is -1.25. The number of hydrogen-bond donors (Lipinski definition) is 2. The molecule has 4 rings (SSSR count). The van der Waals surface area contributed by atoms with Crippen LogP contribution in [0.5, 0.6) is 0 Å². The second-order valence-corrected chi connectivity index (χ2v) is 9.32. The maximum atomic E-state index is 13.7. The molecule has 2 N–H and O–H groups in total. The standard InChI is InChI=1S/C29H28F2N4O3/c1-17(2)35-24-12-8-7-11-23(24)26(20-9-5-4-6-10-20)33-27(29(35)38)34-28(37)18(3)32-25(36)15-19-13-21(30)16-22(31)14-19/h4-14,16-18,27H,15H2,1-3H3,(H,32,36)(H,34,37)/t18-,27?/m0/s1. The lowest BCUT2D eigenvalue weighted by Crippen LogP contribution is -2.54. The number of nitrogens with one attached hydrogen (secondary N) is 2. The first-order chi connectivity index (χ1) is 18.1. The average Bonchev–Trinajstić information content (AvgIpc) is 2.98. The Hall–Kier alpha value is -4.40. The van der Waals surface area contributed by atoms with E-state index in [4.69, 9.17) is 0 Å². The summed E-state index contributed by atoms with van der Waals surface area (Å²) in [7, 11) is 0. The summed E-state index contributed by atoms with van der Waals surface area (Å²) in [5.41, 5.74) is 2.89. The van der Waals surface area contributed by atoms with Crippen molar-refractivity contribution >= 4 is 29.1 Å². The summed E-state index contributed by atoms with van der Waals surface area (Å²) in [6, 6.07) is 18.3. The normalized spacial score (nSPS) is 15.8. The Morgan fingerprint density at radius 2 is 1.58 bits per heavy atom. The van der Waals surface area contributed by atoms with Crippen molar-refractivity contribution in [3.05, 3.63) is 101 Å². The van der Waals surface area contributed by atoms with E-state index in [2.05, 4.69) is 15.6 Å². The van der Waals surface area contributed by atoms with Crippen molar-refractivity contribution in [1.82, 2.24) is 10.6 Å². The van der Waals surface area contributed by atoms with Crippen LogP contribution < -0.4 is 15.5 Å². The zero-order valence-electron chi connectivity index (χ0n) is 21.2. The van der Waals surface area contributed by atoms with E-state index in [-0.39, 0.29) is 18.0 Å². The van der Waals surface area contributed by atoms with Crippen molar-refractivity contribution in [3.63, 3.8) is 0 Å². The van der Waals surface area contributed by atoms with Gasteiger partial charge in [0.15, 0.2) is 0 Å². The Morgan fingerprint density at radius 1 is 0.947 bits per heavy atom. The Bertz CT molecular complexity index is 1370. The van der Waals surface area contributed by atoms with Crippen LogP contribution in [0.3, 0.4) is 0 Å². The molecule has 0 aromatic heterocycles. The highest BCUT2D eigenvalue weighted by molar-refractivity contribution is 6.20. The first kappa shape index (κ1) is 26.7. The third-order valence-electron chi connectivity index (χ3n) is 6.05. The molecule has 9 heteroatoms. The van der Waals surface area contributed by atoms with Gasteiger partial charge in [0.1, 0.15) is 17.7 Å². The Labute approximate surface area is 219 Å². The van der Waals surface area contributed by atoms with Crippen molar-refractivity contribution in [1.29, 1.82) is 0 Å². The third-order valence-corrected chi connectivity index (χ3v) is 6.05. The van der Waals surface area contributed by atoms with Crippen LogP contribution >= 0.6 is 0 Å². The number of benzene rings is 3. The molecule has 0 saturated carbocycles. The number of carbonyl (C=O) groups excluding carboxylic acids is 3. The van der Waals surface area contributed by atoms with Gasteiger partial charge in [0, 0.05) is 23.2 Å². The second kappa shape index (κ2) is 11.3. The molecule has 196 valence electrons. The lowest BCUT2D eigenvalue weighted by Gasteiger charge is -2.29. The molecule has 0 bridgehead atoms. The van der Waals surface area contributed by atoms with Gasteiger partial charge in [-0.25, -0.2) is 13.8 Å². The quantitative estimate of drug-likeness (QED) is 0.499. The van der Waals surface area contributed by atoms with Crippen molar-refractivity contribution < 1.29 is 23.2 Å². The summed E-state index contributed by atoms with van der Waals surface area (Å²) in [6.45, 7) is 5.20. The lowest BCUT2D eigenvalue weighted by atomic mass is 10.00. The Kier molecular flexibility index (Phi) is 7.95. The fraction of sp³-hybridized carbons (Fsp3) is 0.241. The van der Waals surface area contributed by atoms with E-state index >= 15 is 0 Å². The summed E-state index contributed by atoms with van der Waals surface area (Å²) in [4.78, 5) is 45.5. The van der Waals surface area contributed by atoms with E-state index in [1.54, 1.807) is 4.90 Å². The number of carbonyl (C=O) groups is 3. The molecule has 0 radical (unpaired) electrons. The number of aliphatic imine (C=N–C) groups is 1. The number of benzodiazepines with no additional fused rings is 1. The summed E-state index contributed by atoms with van der Waals surface area (Å²) < 4.78 is 26.9. The van der Waals surface area contributed by atoms with Gasteiger partial charge < -0.3 is 15.5 Å². The van der Waals surface area contributed by atoms with Crippen molar-refractivity contribution in [2.75, 3.05) is 4.90 Å². The SMILES string of the molecule is CC(C)N1C(=O)C(NC(=O)[C@H](C)NC(=O)Cc2cc(F)cc(F)c2)N=C(c2ccccc2)c2ccccc21. The van der Waals surface area contributed by atoms with E-state index in [9.17, 15) is 23.2 Å². The Morgan fingerprint density at radius 3 is 2.24 bits per heavy atom. The molecule has 1 unspecified atom stereocenters. The number of fused-ring (bicyclic) bond motifs is 1. The molecule has 0 saturated heterocycles. The maximum Gasteiger partial charge on any atom is 0.272 e. The van der Waals surface area contributed by atoms with Crippen LogP contribution in [-0.4, -0.2) is 41.7 Å². The molecule has 3 aromatic carbocycles. The fourth-order valence-electron chi connectivity index (χ4n) is 4.36.